The molecule has 0 aromatic rings. The molecular formula is C73H138O17P2. The van der Waals surface area contributed by atoms with Crippen molar-refractivity contribution in [2.45, 2.75) is 362 Å². The number of carbonyl (C=O) groups excluding carboxylic acids is 4. The molecule has 0 spiro atoms. The summed E-state index contributed by atoms with van der Waals surface area (Å²) in [4.78, 5) is 72.6. The van der Waals surface area contributed by atoms with E-state index < -0.39 is 97.5 Å². The highest BCUT2D eigenvalue weighted by molar-refractivity contribution is 7.47. The van der Waals surface area contributed by atoms with Gasteiger partial charge in [-0.25, -0.2) is 9.13 Å². The van der Waals surface area contributed by atoms with Crippen molar-refractivity contribution in [3.8, 4) is 0 Å². The monoisotopic (exact) mass is 1350 g/mol. The molecule has 3 N–H and O–H groups in total. The number of rotatable bonds is 69. The third-order valence-corrected chi connectivity index (χ3v) is 18.9. The van der Waals surface area contributed by atoms with Gasteiger partial charge in [-0.1, -0.05) is 291 Å². The summed E-state index contributed by atoms with van der Waals surface area (Å²) in [5.41, 5.74) is 0. The zero-order valence-corrected chi connectivity index (χ0v) is 61.3. The van der Waals surface area contributed by atoms with E-state index in [-0.39, 0.29) is 25.7 Å². The zero-order chi connectivity index (χ0) is 68.0. The number of ether oxygens (including phenoxy) is 4. The minimum absolute atomic E-state index is 0.0836. The van der Waals surface area contributed by atoms with Gasteiger partial charge in [0.1, 0.15) is 19.3 Å². The quantitative estimate of drug-likeness (QED) is 0.0169. The number of aliphatic hydroxyl groups excluding tert-OH is 1. The predicted molar refractivity (Wildman–Crippen MR) is 372 cm³/mol. The number of phosphoric acid groups is 2. The van der Waals surface area contributed by atoms with Crippen LogP contribution in [0.4, 0.5) is 0 Å². The van der Waals surface area contributed by atoms with Crippen LogP contribution in [-0.4, -0.2) is 96.7 Å². The first-order chi connectivity index (χ1) is 44.3. The number of esters is 4. The van der Waals surface area contributed by atoms with Gasteiger partial charge in [0.05, 0.1) is 26.4 Å². The second-order valence-electron chi connectivity index (χ2n) is 26.6. The van der Waals surface area contributed by atoms with Crippen molar-refractivity contribution in [2.75, 3.05) is 39.6 Å². The topological polar surface area (TPSA) is 237 Å². The number of hydrogen-bond acceptors (Lipinski definition) is 15. The first-order valence-corrected chi connectivity index (χ1v) is 40.2. The summed E-state index contributed by atoms with van der Waals surface area (Å²) >= 11 is 0. The average Bonchev–Trinajstić information content (AvgIpc) is 3.62. The van der Waals surface area contributed by atoms with Gasteiger partial charge in [-0.15, -0.1) is 0 Å². The maximum atomic E-state index is 13.0. The Kier molecular flexibility index (Phi) is 61.6. The van der Waals surface area contributed by atoms with Gasteiger partial charge in [0.15, 0.2) is 12.2 Å². The lowest BCUT2D eigenvalue weighted by Gasteiger charge is -2.21. The summed E-state index contributed by atoms with van der Waals surface area (Å²) < 4.78 is 68.3. The fourth-order valence-corrected chi connectivity index (χ4v) is 12.0. The molecule has 0 aliphatic heterocycles. The van der Waals surface area contributed by atoms with E-state index in [4.69, 9.17) is 37.0 Å². The van der Waals surface area contributed by atoms with Gasteiger partial charge in [0, 0.05) is 25.7 Å². The van der Waals surface area contributed by atoms with E-state index in [1.165, 1.54) is 135 Å². The number of aliphatic hydroxyl groups is 1. The largest absolute Gasteiger partial charge is 0.472 e. The van der Waals surface area contributed by atoms with Gasteiger partial charge in [-0.3, -0.25) is 37.3 Å². The molecule has 0 aliphatic rings. The van der Waals surface area contributed by atoms with Crippen molar-refractivity contribution in [3.05, 3.63) is 24.3 Å². The summed E-state index contributed by atoms with van der Waals surface area (Å²) in [6.07, 6.45) is 51.0. The fourth-order valence-electron chi connectivity index (χ4n) is 10.5. The lowest BCUT2D eigenvalue weighted by atomic mass is 9.99. The molecule has 19 heteroatoms. The second-order valence-corrected chi connectivity index (χ2v) is 29.5. The first kappa shape index (κ1) is 89.5. The van der Waals surface area contributed by atoms with Crippen LogP contribution in [0.25, 0.3) is 0 Å². The number of phosphoric ester groups is 2. The second kappa shape index (κ2) is 63.3. The Labute approximate surface area is 561 Å². The molecule has 542 valence electrons. The Morgan fingerprint density at radius 1 is 0.359 bits per heavy atom. The Balaban J connectivity index is 5.21. The van der Waals surface area contributed by atoms with Gasteiger partial charge < -0.3 is 33.8 Å². The number of hydrogen-bond donors (Lipinski definition) is 3. The zero-order valence-electron chi connectivity index (χ0n) is 59.5. The SMILES string of the molecule is CCCCCC/C=C\C=C/CCCCCCCC(=O)O[C@H](COC(=O)CCCCCCCCC(C)CC)COP(=O)(O)OC[C@H](O)COP(=O)(O)OC[C@@H](COC(=O)CCCCCCCCCCCCCCCCC(C)CC)OC(=O)CCCCCCCCC(C)C. The van der Waals surface area contributed by atoms with Gasteiger partial charge in [0.2, 0.25) is 0 Å². The molecule has 7 atom stereocenters. The van der Waals surface area contributed by atoms with Crippen molar-refractivity contribution < 1.29 is 80.2 Å². The average molecular weight is 1350 g/mol. The Morgan fingerprint density at radius 3 is 0.967 bits per heavy atom. The molecule has 0 bridgehead atoms. The van der Waals surface area contributed by atoms with Crippen LogP contribution in [0.2, 0.25) is 0 Å². The van der Waals surface area contributed by atoms with Crippen molar-refractivity contribution in [1.29, 1.82) is 0 Å². The van der Waals surface area contributed by atoms with E-state index in [9.17, 15) is 43.2 Å². The Morgan fingerprint density at radius 2 is 0.641 bits per heavy atom. The predicted octanol–water partition coefficient (Wildman–Crippen LogP) is 20.6. The van der Waals surface area contributed by atoms with E-state index in [0.717, 1.165) is 121 Å². The standard InChI is InChI=1S/C73H138O17P2/c1-8-11-12-13-14-15-16-17-18-23-26-29-32-42-49-56-72(77)89-68(61-84-71(76)55-48-41-36-34-39-46-53-66(7)10-3)62-87-91(79,80)85-58-67(74)59-86-92(81,82)88-63-69(90-73(78)57-50-43-35-33-37-44-51-64(4)5)60-83-70(75)54-47-40-31-28-25-22-20-19-21-24-27-30-38-45-52-65(6)9-2/h15-18,64-69,74H,8-14,19-63H2,1-7H3,(H,79,80)(H,81,82)/b16-15-,18-17-/t65?,66?,67-,68+,69+/m0/s1. The van der Waals surface area contributed by atoms with Crippen LogP contribution in [0.15, 0.2) is 24.3 Å². The molecule has 0 aromatic carbocycles. The van der Waals surface area contributed by atoms with Crippen LogP contribution in [0, 0.1) is 17.8 Å². The lowest BCUT2D eigenvalue weighted by Crippen LogP contribution is -2.30. The Hall–Kier alpha value is -2.46. The smallest absolute Gasteiger partial charge is 0.462 e. The van der Waals surface area contributed by atoms with Crippen molar-refractivity contribution in [1.82, 2.24) is 0 Å². The van der Waals surface area contributed by atoms with E-state index in [0.29, 0.717) is 31.6 Å². The van der Waals surface area contributed by atoms with Crippen LogP contribution >= 0.6 is 15.6 Å². The number of allylic oxidation sites excluding steroid dienone is 4. The minimum atomic E-state index is -4.96. The number of unbranched alkanes of at least 4 members (excludes halogenated alkanes) is 32. The highest BCUT2D eigenvalue weighted by atomic mass is 31.2. The van der Waals surface area contributed by atoms with Gasteiger partial charge >= 0.3 is 39.5 Å². The molecule has 0 heterocycles. The van der Waals surface area contributed by atoms with Crippen LogP contribution in [0.5, 0.6) is 0 Å². The van der Waals surface area contributed by atoms with Crippen molar-refractivity contribution in [2.24, 2.45) is 17.8 Å². The number of carbonyl (C=O) groups is 4. The van der Waals surface area contributed by atoms with Gasteiger partial charge in [-0.05, 0) is 69.1 Å². The molecule has 4 unspecified atom stereocenters. The molecule has 0 fully saturated rings. The summed E-state index contributed by atoms with van der Waals surface area (Å²) in [6, 6.07) is 0. The molecule has 0 aliphatic carbocycles. The molecule has 0 amide bonds. The Bertz CT molecular complexity index is 1900. The molecule has 92 heavy (non-hydrogen) atoms. The maximum absolute atomic E-state index is 13.0. The normalized spacial score (nSPS) is 14.9. The van der Waals surface area contributed by atoms with Crippen LogP contribution in [0.1, 0.15) is 344 Å². The lowest BCUT2D eigenvalue weighted by molar-refractivity contribution is -0.161. The van der Waals surface area contributed by atoms with E-state index >= 15 is 0 Å². The molecule has 0 aromatic heterocycles. The highest BCUT2D eigenvalue weighted by Gasteiger charge is 2.30. The van der Waals surface area contributed by atoms with Gasteiger partial charge in [-0.2, -0.15) is 0 Å². The van der Waals surface area contributed by atoms with Crippen LogP contribution < -0.4 is 0 Å². The summed E-state index contributed by atoms with van der Waals surface area (Å²) in [7, 11) is -9.92. The van der Waals surface area contributed by atoms with Crippen molar-refractivity contribution >= 4 is 39.5 Å². The molecule has 0 saturated carbocycles. The third-order valence-electron chi connectivity index (χ3n) is 17.0. The van der Waals surface area contributed by atoms with E-state index in [1.807, 2.05) is 0 Å². The van der Waals surface area contributed by atoms with Crippen LogP contribution in [0.3, 0.4) is 0 Å². The van der Waals surface area contributed by atoms with E-state index in [1.54, 1.807) is 0 Å². The molecule has 0 radical (unpaired) electrons. The maximum Gasteiger partial charge on any atom is 0.472 e. The molecule has 0 saturated heterocycles. The van der Waals surface area contributed by atoms with Gasteiger partial charge in [0.25, 0.3) is 0 Å². The fraction of sp³-hybridized carbons (Fsp3) is 0.890. The van der Waals surface area contributed by atoms with Crippen molar-refractivity contribution in [3.63, 3.8) is 0 Å². The van der Waals surface area contributed by atoms with E-state index in [2.05, 4.69) is 72.8 Å². The minimum Gasteiger partial charge on any atom is -0.462 e. The molecular weight excluding hydrogens is 1210 g/mol. The highest BCUT2D eigenvalue weighted by Crippen LogP contribution is 2.45. The molecule has 0 rings (SSSR count). The molecule has 17 nitrogen and oxygen atoms in total. The third kappa shape index (κ3) is 63.6. The summed E-state index contributed by atoms with van der Waals surface area (Å²) in [5.74, 6) is 0.0845. The van der Waals surface area contributed by atoms with Crippen LogP contribution in [-0.2, 0) is 65.4 Å². The first-order valence-electron chi connectivity index (χ1n) is 37.2. The summed E-state index contributed by atoms with van der Waals surface area (Å²) in [6.45, 7) is 11.7. The summed E-state index contributed by atoms with van der Waals surface area (Å²) in [5, 5.41) is 10.6.